The Balaban J connectivity index is 3.55. The second-order valence-electron chi connectivity index (χ2n) is 8.65. The predicted molar refractivity (Wildman–Crippen MR) is 127 cm³/mol. The summed E-state index contributed by atoms with van der Waals surface area (Å²) in [6.07, 6.45) is 14.1. The summed E-state index contributed by atoms with van der Waals surface area (Å²) in [5.41, 5.74) is 0. The highest BCUT2D eigenvalue weighted by molar-refractivity contribution is 6.00. The van der Waals surface area contributed by atoms with E-state index in [1.807, 2.05) is 0 Å². The van der Waals surface area contributed by atoms with Gasteiger partial charge in [0.15, 0.2) is 11.6 Å². The molecule has 0 aromatic carbocycles. The number of ether oxygens (including phenoxy) is 2. The van der Waals surface area contributed by atoms with Crippen LogP contribution in [-0.4, -0.2) is 49.6 Å². The molecule has 0 spiro atoms. The maximum absolute atomic E-state index is 11.8. The van der Waals surface area contributed by atoms with Gasteiger partial charge in [0, 0.05) is 12.8 Å². The van der Waals surface area contributed by atoms with Crippen LogP contribution in [0.1, 0.15) is 117 Å². The lowest BCUT2D eigenvalue weighted by molar-refractivity contribution is -0.133. The first-order valence-electron chi connectivity index (χ1n) is 12.7. The first kappa shape index (κ1) is 30.6. The summed E-state index contributed by atoms with van der Waals surface area (Å²) in [6, 6.07) is 0. The molecule has 0 atom stereocenters. The summed E-state index contributed by atoms with van der Waals surface area (Å²) >= 11 is 0. The number of carbonyl (C=O) groups is 4. The molecule has 186 valence electrons. The highest BCUT2D eigenvalue weighted by Gasteiger charge is 2.11. The number of ketones is 4. The van der Waals surface area contributed by atoms with Crippen LogP contribution in [-0.2, 0) is 28.7 Å². The van der Waals surface area contributed by atoms with Crippen molar-refractivity contribution in [2.75, 3.05) is 26.4 Å². The van der Waals surface area contributed by atoms with Gasteiger partial charge in [0.25, 0.3) is 0 Å². The number of rotatable bonds is 25. The summed E-state index contributed by atoms with van der Waals surface area (Å²) in [6.45, 7) is 4.47. The summed E-state index contributed by atoms with van der Waals surface area (Å²) in [5, 5.41) is 0. The minimum absolute atomic E-state index is 0.0263. The summed E-state index contributed by atoms with van der Waals surface area (Å²) in [4.78, 5) is 47.1. The van der Waals surface area contributed by atoms with Gasteiger partial charge in [0.05, 0.1) is 26.1 Å². The molecule has 0 aliphatic carbocycles. The zero-order valence-electron chi connectivity index (χ0n) is 20.6. The molecule has 32 heavy (non-hydrogen) atoms. The zero-order chi connectivity index (χ0) is 23.9. The maximum Gasteiger partial charge on any atom is 0.165 e. The van der Waals surface area contributed by atoms with E-state index in [0.717, 1.165) is 38.5 Å². The van der Waals surface area contributed by atoms with Crippen molar-refractivity contribution in [3.05, 3.63) is 0 Å². The minimum Gasteiger partial charge on any atom is -0.371 e. The molecule has 0 aromatic heterocycles. The third-order valence-corrected chi connectivity index (χ3v) is 5.31. The number of carbonyl (C=O) groups excluding carboxylic acids is 4. The fourth-order valence-electron chi connectivity index (χ4n) is 3.41. The Hall–Kier alpha value is -1.40. The Bertz CT molecular complexity index is 468. The summed E-state index contributed by atoms with van der Waals surface area (Å²) in [5.74, 6) is -0.502. The smallest absolute Gasteiger partial charge is 0.165 e. The molecule has 0 N–H and O–H groups in total. The van der Waals surface area contributed by atoms with Gasteiger partial charge in [0.2, 0.25) is 0 Å². The van der Waals surface area contributed by atoms with E-state index in [1.54, 1.807) is 0 Å². The van der Waals surface area contributed by atoms with Crippen LogP contribution in [0.4, 0.5) is 0 Å². The fourth-order valence-corrected chi connectivity index (χ4v) is 3.41. The van der Waals surface area contributed by atoms with Crippen LogP contribution in [0.3, 0.4) is 0 Å². The molecule has 0 aromatic rings. The van der Waals surface area contributed by atoms with Crippen molar-refractivity contribution in [2.45, 2.75) is 117 Å². The van der Waals surface area contributed by atoms with E-state index >= 15 is 0 Å². The van der Waals surface area contributed by atoms with Crippen molar-refractivity contribution in [1.29, 1.82) is 0 Å². The van der Waals surface area contributed by atoms with Gasteiger partial charge in [-0.05, 0) is 12.8 Å². The Morgan fingerprint density at radius 3 is 1.19 bits per heavy atom. The van der Waals surface area contributed by atoms with Crippen LogP contribution < -0.4 is 0 Å². The maximum atomic E-state index is 11.8. The third kappa shape index (κ3) is 21.8. The number of unbranched alkanes of at least 4 members (excludes halogenated alkanes) is 10. The average Bonchev–Trinajstić information content (AvgIpc) is 2.75. The van der Waals surface area contributed by atoms with E-state index in [0.29, 0.717) is 12.8 Å². The minimum atomic E-state index is -0.225. The lowest BCUT2D eigenvalue weighted by Gasteiger charge is -2.06. The number of Topliss-reactive ketones (excluding diaryl/α,β-unsaturated/α-hetero) is 4. The molecular weight excluding hydrogens is 408 g/mol. The van der Waals surface area contributed by atoms with Crippen molar-refractivity contribution in [1.82, 2.24) is 0 Å². The zero-order valence-corrected chi connectivity index (χ0v) is 20.6. The van der Waals surface area contributed by atoms with Gasteiger partial charge >= 0.3 is 0 Å². The van der Waals surface area contributed by atoms with Crippen LogP contribution in [0.2, 0.25) is 0 Å². The van der Waals surface area contributed by atoms with Crippen LogP contribution in [0, 0.1) is 0 Å². The standard InChI is InChI=1S/C26H46O6/c1-3-5-7-9-11-13-15-23(27)19-25(29)21-31-17-18-32-22-26(30)20-24(28)16-14-12-10-8-6-4-2/h3-22H2,1-2H3. The Labute approximate surface area is 195 Å². The van der Waals surface area contributed by atoms with Gasteiger partial charge in [-0.1, -0.05) is 78.1 Å². The Morgan fingerprint density at radius 2 is 0.812 bits per heavy atom. The Kier molecular flexibility index (Phi) is 21.8. The van der Waals surface area contributed by atoms with Gasteiger partial charge in [-0.3, -0.25) is 19.2 Å². The summed E-state index contributed by atoms with van der Waals surface area (Å²) in [7, 11) is 0. The van der Waals surface area contributed by atoms with E-state index in [4.69, 9.17) is 9.47 Å². The lowest BCUT2D eigenvalue weighted by atomic mass is 10.1. The lowest BCUT2D eigenvalue weighted by Crippen LogP contribution is -2.18. The van der Waals surface area contributed by atoms with Crippen molar-refractivity contribution >= 4 is 23.1 Å². The molecule has 0 bridgehead atoms. The Morgan fingerprint density at radius 1 is 0.469 bits per heavy atom. The molecule has 0 amide bonds. The van der Waals surface area contributed by atoms with E-state index in [-0.39, 0.29) is 62.4 Å². The van der Waals surface area contributed by atoms with E-state index in [9.17, 15) is 19.2 Å². The molecule has 6 nitrogen and oxygen atoms in total. The number of hydrogen-bond donors (Lipinski definition) is 0. The van der Waals surface area contributed by atoms with E-state index in [1.165, 1.54) is 38.5 Å². The third-order valence-electron chi connectivity index (χ3n) is 5.31. The molecule has 0 saturated heterocycles. The van der Waals surface area contributed by atoms with E-state index in [2.05, 4.69) is 13.8 Å². The highest BCUT2D eigenvalue weighted by Crippen LogP contribution is 2.09. The van der Waals surface area contributed by atoms with Crippen LogP contribution in [0.5, 0.6) is 0 Å². The number of hydrogen-bond acceptors (Lipinski definition) is 6. The van der Waals surface area contributed by atoms with Gasteiger partial charge in [0.1, 0.15) is 24.8 Å². The van der Waals surface area contributed by atoms with Gasteiger partial charge in [-0.15, -0.1) is 0 Å². The van der Waals surface area contributed by atoms with Gasteiger partial charge in [-0.25, -0.2) is 0 Å². The molecule has 0 fully saturated rings. The quantitative estimate of drug-likeness (QED) is 0.132. The average molecular weight is 455 g/mol. The molecule has 0 aliphatic heterocycles. The van der Waals surface area contributed by atoms with Crippen LogP contribution >= 0.6 is 0 Å². The molecule has 0 aliphatic rings. The molecular formula is C26H46O6. The molecule has 6 heteroatoms. The van der Waals surface area contributed by atoms with Gasteiger partial charge in [-0.2, -0.15) is 0 Å². The second kappa shape index (κ2) is 22.8. The first-order chi connectivity index (χ1) is 15.5. The summed E-state index contributed by atoms with van der Waals surface area (Å²) < 4.78 is 10.4. The topological polar surface area (TPSA) is 86.7 Å². The van der Waals surface area contributed by atoms with Crippen molar-refractivity contribution in [3.63, 3.8) is 0 Å². The highest BCUT2D eigenvalue weighted by atomic mass is 16.5. The SMILES string of the molecule is CCCCCCCCC(=O)CC(=O)COCCOCC(=O)CC(=O)CCCCCCCC. The molecule has 0 saturated carbocycles. The van der Waals surface area contributed by atoms with Crippen molar-refractivity contribution < 1.29 is 28.7 Å². The molecule has 0 unspecified atom stereocenters. The van der Waals surface area contributed by atoms with E-state index < -0.39 is 0 Å². The van der Waals surface area contributed by atoms with Crippen LogP contribution in [0.25, 0.3) is 0 Å². The molecule has 0 heterocycles. The molecule has 0 rings (SSSR count). The molecule has 0 radical (unpaired) electrons. The normalized spacial score (nSPS) is 10.9. The predicted octanol–water partition coefficient (Wildman–Crippen LogP) is 5.58. The second-order valence-corrected chi connectivity index (χ2v) is 8.65. The van der Waals surface area contributed by atoms with Gasteiger partial charge < -0.3 is 9.47 Å². The van der Waals surface area contributed by atoms with Crippen molar-refractivity contribution in [3.8, 4) is 0 Å². The van der Waals surface area contributed by atoms with Crippen molar-refractivity contribution in [2.24, 2.45) is 0 Å². The van der Waals surface area contributed by atoms with Crippen LogP contribution in [0.15, 0.2) is 0 Å². The monoisotopic (exact) mass is 454 g/mol. The fraction of sp³-hybridized carbons (Fsp3) is 0.846. The largest absolute Gasteiger partial charge is 0.371 e. The first-order valence-corrected chi connectivity index (χ1v) is 12.7.